The largest absolute Gasteiger partial charge is 0.307 e. The highest BCUT2D eigenvalue weighted by atomic mass is 16.1. The molecule has 0 aromatic carbocycles. The average molecular weight is 247 g/mol. The molecule has 18 heavy (non-hydrogen) atoms. The zero-order chi connectivity index (χ0) is 12.2. The van der Waals surface area contributed by atoms with Gasteiger partial charge in [0.05, 0.1) is 6.04 Å². The standard InChI is InChI=1S/C16H25NO/c18-15-2-4-17-14(15)1-3-16-8-11-5-12(9-16)7-13(6-11)10-16/h11-14,17H,1-10H2. The molecule has 1 atom stereocenters. The van der Waals surface area contributed by atoms with Crippen molar-refractivity contribution in [2.45, 2.75) is 63.8 Å². The highest BCUT2D eigenvalue weighted by molar-refractivity contribution is 5.86. The lowest BCUT2D eigenvalue weighted by atomic mass is 9.48. The van der Waals surface area contributed by atoms with Gasteiger partial charge in [0, 0.05) is 13.0 Å². The van der Waals surface area contributed by atoms with Gasteiger partial charge in [-0.2, -0.15) is 0 Å². The molecule has 1 saturated heterocycles. The van der Waals surface area contributed by atoms with E-state index in [0.29, 0.717) is 11.2 Å². The number of nitrogens with one attached hydrogen (secondary N) is 1. The van der Waals surface area contributed by atoms with Crippen LogP contribution in [0.2, 0.25) is 0 Å². The summed E-state index contributed by atoms with van der Waals surface area (Å²) in [6, 6.07) is 0.206. The van der Waals surface area contributed by atoms with Crippen molar-refractivity contribution in [1.29, 1.82) is 0 Å². The minimum absolute atomic E-state index is 0.206. The van der Waals surface area contributed by atoms with Gasteiger partial charge in [0.2, 0.25) is 0 Å². The van der Waals surface area contributed by atoms with Crippen molar-refractivity contribution < 1.29 is 4.79 Å². The van der Waals surface area contributed by atoms with E-state index >= 15 is 0 Å². The second-order valence-electron chi connectivity index (χ2n) is 7.68. The molecule has 2 heteroatoms. The predicted octanol–water partition coefficient (Wildman–Crippen LogP) is 2.91. The molecular formula is C16H25NO. The van der Waals surface area contributed by atoms with Crippen molar-refractivity contribution in [1.82, 2.24) is 5.32 Å². The summed E-state index contributed by atoms with van der Waals surface area (Å²) in [6.45, 7) is 0.921. The second-order valence-corrected chi connectivity index (χ2v) is 7.68. The number of hydrogen-bond acceptors (Lipinski definition) is 2. The van der Waals surface area contributed by atoms with Crippen LogP contribution in [-0.2, 0) is 4.79 Å². The molecule has 0 amide bonds. The number of carbonyl (C=O) groups excluding carboxylic acids is 1. The van der Waals surface area contributed by atoms with Crippen molar-refractivity contribution in [3.8, 4) is 0 Å². The van der Waals surface area contributed by atoms with Gasteiger partial charge in [0.15, 0.2) is 5.78 Å². The van der Waals surface area contributed by atoms with E-state index in [1.807, 2.05) is 0 Å². The second kappa shape index (κ2) is 4.06. The predicted molar refractivity (Wildman–Crippen MR) is 71.3 cm³/mol. The highest BCUT2D eigenvalue weighted by Crippen LogP contribution is 2.61. The summed E-state index contributed by atoms with van der Waals surface area (Å²) in [7, 11) is 0. The first-order valence-corrected chi connectivity index (χ1v) is 7.99. The van der Waals surface area contributed by atoms with Crippen molar-refractivity contribution >= 4 is 5.78 Å². The summed E-state index contributed by atoms with van der Waals surface area (Å²) >= 11 is 0. The topological polar surface area (TPSA) is 29.1 Å². The van der Waals surface area contributed by atoms with Crippen LogP contribution in [0.5, 0.6) is 0 Å². The Labute approximate surface area is 110 Å². The number of ketones is 1. The molecule has 0 spiro atoms. The Morgan fingerprint density at radius 3 is 2.17 bits per heavy atom. The van der Waals surface area contributed by atoms with Crippen LogP contribution in [-0.4, -0.2) is 18.4 Å². The van der Waals surface area contributed by atoms with Crippen LogP contribution < -0.4 is 5.32 Å². The van der Waals surface area contributed by atoms with E-state index in [-0.39, 0.29) is 6.04 Å². The van der Waals surface area contributed by atoms with Gasteiger partial charge in [-0.1, -0.05) is 0 Å². The molecule has 1 N–H and O–H groups in total. The Kier molecular flexibility index (Phi) is 2.58. The van der Waals surface area contributed by atoms with E-state index in [1.54, 1.807) is 0 Å². The van der Waals surface area contributed by atoms with Crippen LogP contribution in [0.3, 0.4) is 0 Å². The first-order chi connectivity index (χ1) is 8.72. The van der Waals surface area contributed by atoms with E-state index < -0.39 is 0 Å². The molecule has 0 radical (unpaired) electrons. The smallest absolute Gasteiger partial charge is 0.151 e. The molecule has 0 aromatic rings. The molecule has 5 rings (SSSR count). The van der Waals surface area contributed by atoms with Crippen LogP contribution in [0.25, 0.3) is 0 Å². The monoisotopic (exact) mass is 247 g/mol. The highest BCUT2D eigenvalue weighted by Gasteiger charge is 2.50. The third-order valence-corrected chi connectivity index (χ3v) is 6.28. The van der Waals surface area contributed by atoms with Crippen molar-refractivity contribution in [3.05, 3.63) is 0 Å². The molecule has 2 nitrogen and oxygen atoms in total. The molecule has 5 fully saturated rings. The van der Waals surface area contributed by atoms with Gasteiger partial charge >= 0.3 is 0 Å². The summed E-state index contributed by atoms with van der Waals surface area (Å²) in [5.74, 6) is 3.61. The molecule has 0 aromatic heterocycles. The van der Waals surface area contributed by atoms with E-state index in [9.17, 15) is 4.79 Å². The Bertz CT molecular complexity index is 327. The summed E-state index contributed by atoms with van der Waals surface area (Å²) in [5.41, 5.74) is 0.652. The summed E-state index contributed by atoms with van der Waals surface area (Å²) < 4.78 is 0. The van der Waals surface area contributed by atoms with Crippen molar-refractivity contribution in [2.24, 2.45) is 23.2 Å². The molecule has 100 valence electrons. The third kappa shape index (κ3) is 1.84. The molecule has 1 unspecified atom stereocenters. The van der Waals surface area contributed by atoms with Gasteiger partial charge in [0.1, 0.15) is 0 Å². The lowest BCUT2D eigenvalue weighted by Gasteiger charge is -2.57. The number of carbonyl (C=O) groups is 1. The van der Waals surface area contributed by atoms with Crippen LogP contribution >= 0.6 is 0 Å². The maximum absolute atomic E-state index is 11.7. The number of Topliss-reactive ketones (excluding diaryl/α,β-unsaturated/α-hetero) is 1. The first kappa shape index (κ1) is 11.5. The van der Waals surface area contributed by atoms with Crippen LogP contribution in [0.1, 0.15) is 57.8 Å². The zero-order valence-electron chi connectivity index (χ0n) is 11.3. The van der Waals surface area contributed by atoms with Gasteiger partial charge in [-0.3, -0.25) is 4.79 Å². The Balaban J connectivity index is 1.43. The van der Waals surface area contributed by atoms with Gasteiger partial charge in [-0.05, 0) is 74.5 Å². The van der Waals surface area contributed by atoms with Gasteiger partial charge in [0.25, 0.3) is 0 Å². The number of rotatable bonds is 3. The van der Waals surface area contributed by atoms with Crippen LogP contribution in [0.15, 0.2) is 0 Å². The molecule has 1 aliphatic heterocycles. The van der Waals surface area contributed by atoms with Crippen molar-refractivity contribution in [3.63, 3.8) is 0 Å². The Morgan fingerprint density at radius 1 is 1.06 bits per heavy atom. The van der Waals surface area contributed by atoms with E-state index in [4.69, 9.17) is 0 Å². The third-order valence-electron chi connectivity index (χ3n) is 6.28. The molecule has 5 aliphatic rings. The Morgan fingerprint density at radius 2 is 1.67 bits per heavy atom. The number of hydrogen-bond donors (Lipinski definition) is 1. The molecule has 4 aliphatic carbocycles. The minimum atomic E-state index is 0.206. The SMILES string of the molecule is O=C1CCNC1CCC12CC3CC(CC(C3)C1)C2. The summed E-state index contributed by atoms with van der Waals surface area (Å²) in [6.07, 6.45) is 12.2. The quantitative estimate of drug-likeness (QED) is 0.831. The Hall–Kier alpha value is -0.370. The fraction of sp³-hybridized carbons (Fsp3) is 0.938. The van der Waals surface area contributed by atoms with E-state index in [0.717, 1.165) is 37.1 Å². The van der Waals surface area contributed by atoms with Gasteiger partial charge in [-0.15, -0.1) is 0 Å². The van der Waals surface area contributed by atoms with Crippen LogP contribution in [0.4, 0.5) is 0 Å². The average Bonchev–Trinajstić information content (AvgIpc) is 2.70. The lowest BCUT2D eigenvalue weighted by molar-refractivity contribution is -0.119. The summed E-state index contributed by atoms with van der Waals surface area (Å²) in [5, 5.41) is 3.39. The molecular weight excluding hydrogens is 222 g/mol. The van der Waals surface area contributed by atoms with Gasteiger partial charge < -0.3 is 5.32 Å². The first-order valence-electron chi connectivity index (χ1n) is 7.99. The normalized spacial score (nSPS) is 50.1. The fourth-order valence-electron chi connectivity index (χ4n) is 5.97. The molecule has 1 heterocycles. The lowest BCUT2D eigenvalue weighted by Crippen LogP contribution is -2.46. The van der Waals surface area contributed by atoms with E-state index in [2.05, 4.69) is 5.32 Å². The molecule has 4 bridgehead atoms. The molecule has 4 saturated carbocycles. The van der Waals surface area contributed by atoms with Crippen molar-refractivity contribution in [2.75, 3.05) is 6.54 Å². The fourth-order valence-corrected chi connectivity index (χ4v) is 5.97. The summed E-state index contributed by atoms with van der Waals surface area (Å²) in [4.78, 5) is 11.7. The zero-order valence-corrected chi connectivity index (χ0v) is 11.3. The van der Waals surface area contributed by atoms with Gasteiger partial charge in [-0.25, -0.2) is 0 Å². The minimum Gasteiger partial charge on any atom is -0.307 e. The maximum Gasteiger partial charge on any atom is 0.151 e. The van der Waals surface area contributed by atoms with E-state index in [1.165, 1.54) is 44.9 Å². The van der Waals surface area contributed by atoms with Crippen LogP contribution in [0, 0.1) is 23.2 Å². The maximum atomic E-state index is 11.7.